The third-order valence-corrected chi connectivity index (χ3v) is 7.64. The van der Waals surface area contributed by atoms with E-state index in [1.807, 2.05) is 17.0 Å². The van der Waals surface area contributed by atoms with Gasteiger partial charge in [0.15, 0.2) is 5.65 Å². The lowest BCUT2D eigenvalue weighted by atomic mass is 9.83. The fourth-order valence-corrected chi connectivity index (χ4v) is 6.30. The molecular weight excluding hydrogens is 511 g/mol. The van der Waals surface area contributed by atoms with Crippen molar-refractivity contribution in [3.05, 3.63) is 50.9 Å². The van der Waals surface area contributed by atoms with Crippen LogP contribution in [0.5, 0.6) is 0 Å². The summed E-state index contributed by atoms with van der Waals surface area (Å²) in [5.41, 5.74) is 1.82. The maximum atomic E-state index is 13.5. The molecule has 2 N–H and O–H groups in total. The van der Waals surface area contributed by atoms with E-state index in [0.717, 1.165) is 24.0 Å². The largest absolute Gasteiger partial charge is 0.339 e. The zero-order valence-corrected chi connectivity index (χ0v) is 21.6. The zero-order valence-electron chi connectivity index (χ0n) is 19.4. The van der Waals surface area contributed by atoms with E-state index in [2.05, 4.69) is 15.3 Å². The van der Waals surface area contributed by atoms with Gasteiger partial charge in [0.05, 0.1) is 22.3 Å². The average Bonchev–Trinajstić information content (AvgIpc) is 3.23. The molecule has 3 aromatic rings. The number of aromatic amines is 1. The monoisotopic (exact) mass is 534 g/mol. The number of halogens is 3. The number of H-pyrrole nitrogens is 1. The van der Waals surface area contributed by atoms with Gasteiger partial charge in [-0.1, -0.05) is 34.8 Å². The first-order valence-electron chi connectivity index (χ1n) is 11.5. The first-order valence-corrected chi connectivity index (χ1v) is 12.6. The molecule has 4 heterocycles. The smallest absolute Gasteiger partial charge is 0.223 e. The van der Waals surface area contributed by atoms with Crippen molar-refractivity contribution in [2.75, 3.05) is 24.5 Å². The van der Waals surface area contributed by atoms with Crippen molar-refractivity contribution < 1.29 is 9.59 Å². The quantitative estimate of drug-likeness (QED) is 0.468. The summed E-state index contributed by atoms with van der Waals surface area (Å²) in [4.78, 5) is 42.0. The molecule has 1 saturated heterocycles. The van der Waals surface area contributed by atoms with Crippen LogP contribution in [0.15, 0.2) is 24.3 Å². The summed E-state index contributed by atoms with van der Waals surface area (Å²) >= 11 is 19.1. The van der Waals surface area contributed by atoms with Gasteiger partial charge in [-0.3, -0.25) is 9.59 Å². The molecule has 1 fully saturated rings. The van der Waals surface area contributed by atoms with Crippen molar-refractivity contribution in [2.24, 2.45) is 0 Å². The molecule has 0 bridgehead atoms. The molecule has 2 atom stereocenters. The number of fused-ring (bicyclic) bond motifs is 2. The molecule has 11 heteroatoms. The summed E-state index contributed by atoms with van der Waals surface area (Å²) in [6.45, 7) is 4.86. The molecule has 184 valence electrons. The van der Waals surface area contributed by atoms with E-state index in [1.165, 1.54) is 6.92 Å². The van der Waals surface area contributed by atoms with E-state index < -0.39 is 5.54 Å². The Morgan fingerprint density at radius 3 is 2.66 bits per heavy atom. The number of pyridine rings is 1. The lowest BCUT2D eigenvalue weighted by Gasteiger charge is -2.50. The molecule has 0 aliphatic carbocycles. The average molecular weight is 536 g/mol. The van der Waals surface area contributed by atoms with Gasteiger partial charge in [0.2, 0.25) is 11.8 Å². The molecule has 0 spiro atoms. The van der Waals surface area contributed by atoms with Gasteiger partial charge in [-0.2, -0.15) is 0 Å². The number of anilines is 1. The molecule has 35 heavy (non-hydrogen) atoms. The van der Waals surface area contributed by atoms with Gasteiger partial charge in [-0.05, 0) is 50.1 Å². The van der Waals surface area contributed by atoms with Gasteiger partial charge in [0, 0.05) is 37.5 Å². The van der Waals surface area contributed by atoms with Gasteiger partial charge in [0.25, 0.3) is 0 Å². The highest BCUT2D eigenvalue weighted by atomic mass is 35.5. The highest BCUT2D eigenvalue weighted by Crippen LogP contribution is 2.48. The van der Waals surface area contributed by atoms with Crippen LogP contribution in [0.2, 0.25) is 15.2 Å². The number of rotatable bonds is 3. The second-order valence-electron chi connectivity index (χ2n) is 9.09. The molecule has 5 rings (SSSR count). The summed E-state index contributed by atoms with van der Waals surface area (Å²) in [5.74, 6) is 0.425. The van der Waals surface area contributed by atoms with E-state index in [-0.39, 0.29) is 17.9 Å². The van der Waals surface area contributed by atoms with Crippen LogP contribution >= 0.6 is 34.8 Å². The van der Waals surface area contributed by atoms with Gasteiger partial charge in [-0.25, -0.2) is 9.97 Å². The molecule has 1 aromatic carbocycles. The molecule has 2 aliphatic heterocycles. The lowest BCUT2D eigenvalue weighted by molar-refractivity contribution is -0.142. The Morgan fingerprint density at radius 1 is 1.17 bits per heavy atom. The fraction of sp³-hybridized carbons (Fsp3) is 0.417. The standard InChI is InChI=1S/C24H25Cl3N6O2/c1-13(34)32-9-6-19(16-10-15(25)11-17(26)21(16)32)33(14(2)35)24(7-3-8-28-12-24)23-29-18-4-5-20(27)30-22(18)31-23/h4-5,10-11,19,28H,3,6-9,12H2,1-2H3,(H,29,30,31)/t19?,24-/m0/s1. The summed E-state index contributed by atoms with van der Waals surface area (Å²) < 4.78 is 0. The second kappa shape index (κ2) is 9.24. The van der Waals surface area contributed by atoms with Gasteiger partial charge in [-0.15, -0.1) is 0 Å². The zero-order chi connectivity index (χ0) is 24.9. The molecule has 2 aromatic heterocycles. The van der Waals surface area contributed by atoms with Gasteiger partial charge < -0.3 is 20.1 Å². The number of nitrogens with zero attached hydrogens (tertiary/aromatic N) is 4. The van der Waals surface area contributed by atoms with Crippen LogP contribution in [0.3, 0.4) is 0 Å². The van der Waals surface area contributed by atoms with Gasteiger partial charge in [0.1, 0.15) is 16.5 Å². The Hall–Kier alpha value is -2.39. The number of hydrogen-bond donors (Lipinski definition) is 2. The fourth-order valence-electron chi connectivity index (χ4n) is 5.55. The molecule has 2 amide bonds. The van der Waals surface area contributed by atoms with Crippen LogP contribution in [-0.4, -0.2) is 51.3 Å². The lowest BCUT2D eigenvalue weighted by Crippen LogP contribution is -2.59. The predicted molar refractivity (Wildman–Crippen MR) is 137 cm³/mol. The number of carbonyl (C=O) groups excluding carboxylic acids is 2. The van der Waals surface area contributed by atoms with Crippen LogP contribution in [0.25, 0.3) is 11.2 Å². The van der Waals surface area contributed by atoms with Crippen LogP contribution < -0.4 is 10.2 Å². The van der Waals surface area contributed by atoms with Crippen LogP contribution in [0, 0.1) is 0 Å². The topological polar surface area (TPSA) is 94.2 Å². The number of piperidine rings is 1. The number of carbonyl (C=O) groups is 2. The number of hydrogen-bond acceptors (Lipinski definition) is 5. The van der Waals surface area contributed by atoms with Crippen molar-refractivity contribution in [1.82, 2.24) is 25.2 Å². The summed E-state index contributed by atoms with van der Waals surface area (Å²) in [6, 6.07) is 6.62. The van der Waals surface area contributed by atoms with E-state index in [9.17, 15) is 9.59 Å². The maximum Gasteiger partial charge on any atom is 0.223 e. The minimum atomic E-state index is -0.771. The molecule has 0 radical (unpaired) electrons. The van der Waals surface area contributed by atoms with Crippen LogP contribution in [-0.2, 0) is 15.1 Å². The number of imidazole rings is 1. The third kappa shape index (κ3) is 4.16. The molecule has 0 saturated carbocycles. The number of benzene rings is 1. The molecule has 1 unspecified atom stereocenters. The second-order valence-corrected chi connectivity index (χ2v) is 10.3. The van der Waals surface area contributed by atoms with E-state index in [4.69, 9.17) is 39.8 Å². The predicted octanol–water partition coefficient (Wildman–Crippen LogP) is 4.84. The van der Waals surface area contributed by atoms with Crippen molar-refractivity contribution in [1.29, 1.82) is 0 Å². The summed E-state index contributed by atoms with van der Waals surface area (Å²) in [7, 11) is 0. The van der Waals surface area contributed by atoms with E-state index in [1.54, 1.807) is 24.0 Å². The Balaban J connectivity index is 1.70. The first-order chi connectivity index (χ1) is 16.7. The first kappa shape index (κ1) is 24.3. The van der Waals surface area contributed by atoms with E-state index in [0.29, 0.717) is 58.3 Å². The Labute approximate surface area is 217 Å². The normalized spacial score (nSPS) is 22.2. The SMILES string of the molecule is CC(=O)N1CCC(N(C(C)=O)[C@@]2(c3nc4nc(Cl)ccc4[nH]3)CCCNC2)c2cc(Cl)cc(Cl)c21. The van der Waals surface area contributed by atoms with Crippen molar-refractivity contribution in [3.8, 4) is 0 Å². The minimum Gasteiger partial charge on any atom is -0.339 e. The van der Waals surface area contributed by atoms with Gasteiger partial charge >= 0.3 is 0 Å². The highest BCUT2D eigenvalue weighted by Gasteiger charge is 2.49. The molecule has 8 nitrogen and oxygen atoms in total. The van der Waals surface area contributed by atoms with Crippen molar-refractivity contribution in [2.45, 2.75) is 44.7 Å². The Kier molecular flexibility index (Phi) is 6.42. The molecular formula is C24H25Cl3N6O2. The Bertz CT molecular complexity index is 1320. The van der Waals surface area contributed by atoms with E-state index >= 15 is 0 Å². The summed E-state index contributed by atoms with van der Waals surface area (Å²) in [6.07, 6.45) is 2.09. The molecule has 2 aliphatic rings. The number of amides is 2. The van der Waals surface area contributed by atoms with Crippen LogP contribution in [0.4, 0.5) is 5.69 Å². The summed E-state index contributed by atoms with van der Waals surface area (Å²) in [5, 5.41) is 4.65. The maximum absolute atomic E-state index is 13.5. The Morgan fingerprint density at radius 2 is 1.97 bits per heavy atom. The third-order valence-electron chi connectivity index (χ3n) is 6.92. The van der Waals surface area contributed by atoms with Crippen molar-refractivity contribution in [3.63, 3.8) is 0 Å². The van der Waals surface area contributed by atoms with Crippen molar-refractivity contribution >= 4 is 63.5 Å². The minimum absolute atomic E-state index is 0.108. The van der Waals surface area contributed by atoms with Crippen LogP contribution in [0.1, 0.15) is 50.5 Å². The highest BCUT2D eigenvalue weighted by molar-refractivity contribution is 6.37. The number of aromatic nitrogens is 3. The number of nitrogens with one attached hydrogen (secondary N) is 2.